The van der Waals surface area contributed by atoms with Gasteiger partial charge < -0.3 is 9.53 Å². The minimum absolute atomic E-state index is 0.163. The molecule has 3 nitrogen and oxygen atoms in total. The second-order valence-corrected chi connectivity index (χ2v) is 8.57. The molecule has 4 atom stereocenters. The van der Waals surface area contributed by atoms with Gasteiger partial charge in [-0.05, 0) is 72.3 Å². The Hall–Kier alpha value is -2.60. The van der Waals surface area contributed by atoms with Crippen molar-refractivity contribution in [1.29, 1.82) is 5.26 Å². The number of hydrogen-bond donors (Lipinski definition) is 0. The van der Waals surface area contributed by atoms with E-state index < -0.39 is 0 Å². The Morgan fingerprint density at radius 3 is 2.79 bits per heavy atom. The van der Waals surface area contributed by atoms with Gasteiger partial charge in [-0.15, -0.1) is 0 Å². The van der Waals surface area contributed by atoms with Crippen LogP contribution in [-0.4, -0.2) is 6.29 Å². The molecule has 144 valence electrons. The highest BCUT2D eigenvalue weighted by Crippen LogP contribution is 2.55. The first-order valence-electron chi connectivity index (χ1n) is 10.3. The fraction of sp³-hybridized carbons (Fsp3) is 0.440. The van der Waals surface area contributed by atoms with Gasteiger partial charge in [0.2, 0.25) is 0 Å². The van der Waals surface area contributed by atoms with Crippen LogP contribution in [0.2, 0.25) is 0 Å². The summed E-state index contributed by atoms with van der Waals surface area (Å²) in [5, 5.41) is 9.34. The van der Waals surface area contributed by atoms with E-state index in [0.717, 1.165) is 37.7 Å². The summed E-state index contributed by atoms with van der Waals surface area (Å²) in [4.78, 5) is 11.8. The lowest BCUT2D eigenvalue weighted by Gasteiger charge is -2.49. The number of fused-ring (bicyclic) bond motifs is 3. The lowest BCUT2D eigenvalue weighted by Crippen LogP contribution is -2.43. The Morgan fingerprint density at radius 2 is 2.04 bits per heavy atom. The molecule has 1 fully saturated rings. The summed E-state index contributed by atoms with van der Waals surface area (Å²) in [6, 6.07) is 19.1. The number of nitrogens with zero attached hydrogens (tertiary/aromatic N) is 1. The summed E-state index contributed by atoms with van der Waals surface area (Å²) in [6.45, 7) is 2.63. The molecule has 1 saturated carbocycles. The Kier molecular flexibility index (Phi) is 5.22. The van der Waals surface area contributed by atoms with Crippen LogP contribution in [0.15, 0.2) is 48.5 Å². The van der Waals surface area contributed by atoms with Crippen molar-refractivity contribution < 1.29 is 9.53 Å². The van der Waals surface area contributed by atoms with Crippen LogP contribution in [0.1, 0.15) is 55.2 Å². The highest BCUT2D eigenvalue weighted by atomic mass is 16.5. The van der Waals surface area contributed by atoms with E-state index in [4.69, 9.17) is 4.74 Å². The molecule has 0 radical (unpaired) electrons. The van der Waals surface area contributed by atoms with Crippen LogP contribution in [0.25, 0.3) is 0 Å². The molecule has 0 N–H and O–H groups in total. The van der Waals surface area contributed by atoms with Gasteiger partial charge >= 0.3 is 0 Å². The van der Waals surface area contributed by atoms with Crippen molar-refractivity contribution >= 4 is 6.29 Å². The smallest absolute Gasteiger partial charge is 0.126 e. The first kappa shape index (κ1) is 18.7. The van der Waals surface area contributed by atoms with Crippen molar-refractivity contribution in [2.45, 2.75) is 51.6 Å². The van der Waals surface area contributed by atoms with Crippen molar-refractivity contribution in [2.24, 2.45) is 17.3 Å². The molecule has 3 heteroatoms. The van der Waals surface area contributed by atoms with Gasteiger partial charge in [0.05, 0.1) is 6.07 Å². The standard InChI is InChI=1S/C25H27NO2/c1-25(17-27)13-11-22-21-10-8-20(28-16-18-5-3-2-4-6-18)15-19(21)7-9-23(22)24(25)12-14-26/h2-6,8,10,15,17,22-24H,7,9,11-13,16H2,1H3/t22-,23-,24?,25-/m1/s1. The molecule has 0 spiro atoms. The summed E-state index contributed by atoms with van der Waals surface area (Å²) in [5.41, 5.74) is 3.59. The summed E-state index contributed by atoms with van der Waals surface area (Å²) in [6.07, 6.45) is 5.53. The topological polar surface area (TPSA) is 50.1 Å². The molecule has 28 heavy (non-hydrogen) atoms. The number of hydrogen-bond acceptors (Lipinski definition) is 3. The van der Waals surface area contributed by atoms with Crippen molar-refractivity contribution in [3.63, 3.8) is 0 Å². The van der Waals surface area contributed by atoms with Gasteiger partial charge in [0, 0.05) is 11.8 Å². The number of carbonyl (C=O) groups excluding carboxylic acids is 1. The van der Waals surface area contributed by atoms with Gasteiger partial charge in [0.25, 0.3) is 0 Å². The fourth-order valence-corrected chi connectivity index (χ4v) is 5.37. The molecule has 4 rings (SSSR count). The molecule has 0 amide bonds. The highest BCUT2D eigenvalue weighted by molar-refractivity contribution is 5.60. The first-order chi connectivity index (χ1) is 13.6. The number of benzene rings is 2. The van der Waals surface area contributed by atoms with E-state index in [1.165, 1.54) is 16.7 Å². The number of aryl methyl sites for hydroxylation is 1. The minimum atomic E-state index is -0.354. The molecule has 1 unspecified atom stereocenters. The van der Waals surface area contributed by atoms with E-state index in [1.807, 2.05) is 25.1 Å². The second-order valence-electron chi connectivity index (χ2n) is 8.57. The monoisotopic (exact) mass is 373 g/mol. The van der Waals surface area contributed by atoms with Crippen LogP contribution < -0.4 is 4.74 Å². The molecule has 2 aliphatic rings. The van der Waals surface area contributed by atoms with E-state index >= 15 is 0 Å². The molecule has 0 heterocycles. The maximum Gasteiger partial charge on any atom is 0.126 e. The van der Waals surface area contributed by atoms with Crippen LogP contribution in [0, 0.1) is 28.6 Å². The Balaban J connectivity index is 1.54. The van der Waals surface area contributed by atoms with Gasteiger partial charge in [0.15, 0.2) is 0 Å². The predicted octanol–water partition coefficient (Wildman–Crippen LogP) is 5.44. The van der Waals surface area contributed by atoms with Crippen molar-refractivity contribution in [1.82, 2.24) is 0 Å². The molecular formula is C25H27NO2. The van der Waals surface area contributed by atoms with E-state index in [1.54, 1.807) is 0 Å². The van der Waals surface area contributed by atoms with Gasteiger partial charge in [-0.1, -0.05) is 43.3 Å². The van der Waals surface area contributed by atoms with E-state index in [9.17, 15) is 10.1 Å². The van der Waals surface area contributed by atoms with E-state index in [2.05, 4.69) is 36.4 Å². The van der Waals surface area contributed by atoms with Crippen LogP contribution in [0.4, 0.5) is 0 Å². The maximum atomic E-state index is 11.8. The third-order valence-electron chi connectivity index (χ3n) is 6.96. The number of ether oxygens (including phenoxy) is 1. The molecule has 2 aromatic rings. The van der Waals surface area contributed by atoms with Crippen molar-refractivity contribution in [3.8, 4) is 11.8 Å². The molecule has 0 aromatic heterocycles. The van der Waals surface area contributed by atoms with Crippen LogP contribution in [0.5, 0.6) is 5.75 Å². The molecule has 0 bridgehead atoms. The molecule has 0 saturated heterocycles. The normalized spacial score (nSPS) is 28.5. The maximum absolute atomic E-state index is 11.8. The zero-order valence-corrected chi connectivity index (χ0v) is 16.4. The number of nitriles is 1. The quantitative estimate of drug-likeness (QED) is 0.656. The fourth-order valence-electron chi connectivity index (χ4n) is 5.37. The third-order valence-corrected chi connectivity index (χ3v) is 6.96. The summed E-state index contributed by atoms with van der Waals surface area (Å²) in [5.74, 6) is 1.96. The first-order valence-corrected chi connectivity index (χ1v) is 10.3. The number of aldehydes is 1. The SMILES string of the molecule is C[C@]1(C=O)CC[C@@H]2c3ccc(OCc4ccccc4)cc3CC[C@H]2C1CC#N. The molecule has 0 aliphatic heterocycles. The number of carbonyl (C=O) groups is 1. The Labute approximate surface area is 167 Å². The van der Waals surface area contributed by atoms with Gasteiger partial charge in [-0.2, -0.15) is 5.26 Å². The average Bonchev–Trinajstić information content (AvgIpc) is 2.74. The zero-order valence-electron chi connectivity index (χ0n) is 16.4. The molecule has 2 aliphatic carbocycles. The minimum Gasteiger partial charge on any atom is -0.489 e. The lowest BCUT2D eigenvalue weighted by molar-refractivity contribution is -0.122. The van der Waals surface area contributed by atoms with Crippen LogP contribution >= 0.6 is 0 Å². The van der Waals surface area contributed by atoms with Crippen LogP contribution in [-0.2, 0) is 17.8 Å². The largest absolute Gasteiger partial charge is 0.489 e. The van der Waals surface area contributed by atoms with Gasteiger partial charge in [-0.25, -0.2) is 0 Å². The van der Waals surface area contributed by atoms with Gasteiger partial charge in [-0.3, -0.25) is 0 Å². The van der Waals surface area contributed by atoms with Crippen molar-refractivity contribution in [2.75, 3.05) is 0 Å². The number of rotatable bonds is 5. The average molecular weight is 373 g/mol. The molecular weight excluding hydrogens is 346 g/mol. The van der Waals surface area contributed by atoms with Gasteiger partial charge in [0.1, 0.15) is 18.6 Å². The second kappa shape index (κ2) is 7.80. The van der Waals surface area contributed by atoms with Crippen LogP contribution in [0.3, 0.4) is 0 Å². The summed E-state index contributed by atoms with van der Waals surface area (Å²) >= 11 is 0. The van der Waals surface area contributed by atoms with Crippen molar-refractivity contribution in [3.05, 3.63) is 65.2 Å². The zero-order chi connectivity index (χ0) is 19.6. The Morgan fingerprint density at radius 1 is 1.21 bits per heavy atom. The predicted molar refractivity (Wildman–Crippen MR) is 109 cm³/mol. The molecule has 2 aromatic carbocycles. The highest BCUT2D eigenvalue weighted by Gasteiger charge is 2.48. The van der Waals surface area contributed by atoms with E-state index in [-0.39, 0.29) is 11.3 Å². The lowest BCUT2D eigenvalue weighted by atomic mass is 9.54. The summed E-state index contributed by atoms with van der Waals surface area (Å²) in [7, 11) is 0. The summed E-state index contributed by atoms with van der Waals surface area (Å²) < 4.78 is 6.01. The van der Waals surface area contributed by atoms with E-state index in [0.29, 0.717) is 24.9 Å². The third kappa shape index (κ3) is 3.44. The Bertz CT molecular complexity index is 885.